The molecule has 2 heterocycles. The quantitative estimate of drug-likeness (QED) is 0.292. The molecule has 0 saturated heterocycles. The van der Waals surface area contributed by atoms with Gasteiger partial charge in [0.05, 0.1) is 29.0 Å². The number of amides is 2. The van der Waals surface area contributed by atoms with Crippen LogP contribution in [0.15, 0.2) is 91.5 Å². The molecule has 2 amide bonds. The summed E-state index contributed by atoms with van der Waals surface area (Å²) >= 11 is 0. The minimum Gasteiger partial charge on any atom is -0.337 e. The minimum absolute atomic E-state index is 0.0912. The second kappa shape index (κ2) is 11.4. The number of rotatable bonds is 9. The summed E-state index contributed by atoms with van der Waals surface area (Å²) in [5.74, 6) is 0.00597. The Kier molecular flexibility index (Phi) is 7.46. The van der Waals surface area contributed by atoms with E-state index < -0.39 is 0 Å². The van der Waals surface area contributed by atoms with Crippen LogP contribution in [0.3, 0.4) is 0 Å². The molecule has 5 rings (SSSR count). The van der Waals surface area contributed by atoms with E-state index in [4.69, 9.17) is 10.2 Å². The number of anilines is 2. The maximum absolute atomic E-state index is 13.2. The van der Waals surface area contributed by atoms with Crippen LogP contribution >= 0.6 is 0 Å². The average Bonchev–Trinajstić information content (AvgIpc) is 3.61. The number of hydrogen-bond acceptors (Lipinski definition) is 5. The van der Waals surface area contributed by atoms with Crippen molar-refractivity contribution in [3.05, 3.63) is 108 Å². The van der Waals surface area contributed by atoms with Gasteiger partial charge in [-0.3, -0.25) is 14.9 Å². The summed E-state index contributed by atoms with van der Waals surface area (Å²) in [6, 6.07) is 23.4. The highest BCUT2D eigenvalue weighted by Gasteiger charge is 2.19. The molecule has 0 fully saturated rings. The van der Waals surface area contributed by atoms with Crippen molar-refractivity contribution in [2.45, 2.75) is 26.4 Å². The lowest BCUT2D eigenvalue weighted by molar-refractivity contribution is 0.0986. The van der Waals surface area contributed by atoms with Gasteiger partial charge in [0.15, 0.2) is 0 Å². The number of nitrogens with zero attached hydrogens (tertiary/aromatic N) is 6. The van der Waals surface area contributed by atoms with E-state index in [1.807, 2.05) is 58.7 Å². The molecule has 0 aliphatic carbocycles. The SMILES string of the molecule is CCN(C(=O)c1ccccc1)c1ccc2c(c1)nc(NC(=O)c1ccc(C#N)cc1)n2CCCn1ccnc1. The van der Waals surface area contributed by atoms with Crippen molar-refractivity contribution in [3.8, 4) is 6.07 Å². The number of carbonyl (C=O) groups is 2. The Morgan fingerprint density at radius 2 is 1.79 bits per heavy atom. The number of nitriles is 1. The molecule has 1 N–H and O–H groups in total. The van der Waals surface area contributed by atoms with Gasteiger partial charge in [-0.05, 0) is 67.9 Å². The Bertz CT molecular complexity index is 1630. The second-order valence-corrected chi connectivity index (χ2v) is 8.97. The zero-order chi connectivity index (χ0) is 27.2. The van der Waals surface area contributed by atoms with E-state index in [2.05, 4.69) is 16.4 Å². The number of hydrogen-bond donors (Lipinski definition) is 1. The van der Waals surface area contributed by atoms with Crippen molar-refractivity contribution >= 4 is 34.5 Å². The van der Waals surface area contributed by atoms with E-state index >= 15 is 0 Å². The van der Waals surface area contributed by atoms with Crippen molar-refractivity contribution in [1.29, 1.82) is 5.26 Å². The van der Waals surface area contributed by atoms with E-state index in [1.165, 1.54) is 0 Å². The third-order valence-electron chi connectivity index (χ3n) is 6.48. The average molecular weight is 518 g/mol. The molecular weight excluding hydrogens is 490 g/mol. The van der Waals surface area contributed by atoms with E-state index in [-0.39, 0.29) is 11.8 Å². The molecule has 0 atom stereocenters. The summed E-state index contributed by atoms with van der Waals surface area (Å²) in [7, 11) is 0. The van der Waals surface area contributed by atoms with Crippen LogP contribution in [0.1, 0.15) is 39.6 Å². The first-order valence-corrected chi connectivity index (χ1v) is 12.7. The zero-order valence-electron chi connectivity index (χ0n) is 21.5. The lowest BCUT2D eigenvalue weighted by Gasteiger charge is -2.21. The fourth-order valence-electron chi connectivity index (χ4n) is 4.49. The first kappa shape index (κ1) is 25.4. The summed E-state index contributed by atoms with van der Waals surface area (Å²) < 4.78 is 3.98. The predicted octanol–water partition coefficient (Wildman–Crippen LogP) is 5.11. The monoisotopic (exact) mass is 517 g/mol. The predicted molar refractivity (Wildman–Crippen MR) is 149 cm³/mol. The van der Waals surface area contributed by atoms with Gasteiger partial charge in [0, 0.05) is 48.8 Å². The Balaban J connectivity index is 1.46. The van der Waals surface area contributed by atoms with Crippen LogP contribution in [0.25, 0.3) is 11.0 Å². The summed E-state index contributed by atoms with van der Waals surface area (Å²) in [5.41, 5.74) is 3.77. The van der Waals surface area contributed by atoms with Crippen LogP contribution in [0.2, 0.25) is 0 Å². The van der Waals surface area contributed by atoms with Gasteiger partial charge in [0.2, 0.25) is 5.95 Å². The van der Waals surface area contributed by atoms with Crippen LogP contribution in [-0.4, -0.2) is 37.5 Å². The van der Waals surface area contributed by atoms with Crippen LogP contribution in [-0.2, 0) is 13.1 Å². The van der Waals surface area contributed by atoms with Crippen molar-refractivity contribution in [1.82, 2.24) is 19.1 Å². The third-order valence-corrected chi connectivity index (χ3v) is 6.48. The summed E-state index contributed by atoms with van der Waals surface area (Å²) in [6.45, 7) is 3.80. The number of aryl methyl sites for hydroxylation is 2. The smallest absolute Gasteiger partial charge is 0.258 e. The van der Waals surface area contributed by atoms with Gasteiger partial charge in [-0.15, -0.1) is 0 Å². The molecule has 194 valence electrons. The van der Waals surface area contributed by atoms with Gasteiger partial charge in [0.1, 0.15) is 0 Å². The molecule has 9 nitrogen and oxygen atoms in total. The molecule has 9 heteroatoms. The number of imidazole rings is 2. The Morgan fingerprint density at radius 1 is 1.00 bits per heavy atom. The molecule has 0 aliphatic rings. The molecule has 3 aromatic carbocycles. The van der Waals surface area contributed by atoms with Crippen LogP contribution in [0.4, 0.5) is 11.6 Å². The molecule has 0 saturated carbocycles. The zero-order valence-corrected chi connectivity index (χ0v) is 21.5. The highest BCUT2D eigenvalue weighted by Crippen LogP contribution is 2.27. The highest BCUT2D eigenvalue weighted by molar-refractivity contribution is 6.07. The van der Waals surface area contributed by atoms with Crippen LogP contribution in [0.5, 0.6) is 0 Å². The molecule has 0 spiro atoms. The minimum atomic E-state index is -0.319. The number of fused-ring (bicyclic) bond motifs is 1. The maximum atomic E-state index is 13.2. The summed E-state index contributed by atoms with van der Waals surface area (Å²) in [6.07, 6.45) is 6.22. The van der Waals surface area contributed by atoms with Crippen LogP contribution < -0.4 is 10.2 Å². The first-order chi connectivity index (χ1) is 19.1. The first-order valence-electron chi connectivity index (χ1n) is 12.7. The van der Waals surface area contributed by atoms with Crippen molar-refractivity contribution in [2.75, 3.05) is 16.8 Å². The summed E-state index contributed by atoms with van der Waals surface area (Å²) in [4.78, 5) is 36.8. The molecule has 39 heavy (non-hydrogen) atoms. The highest BCUT2D eigenvalue weighted by atomic mass is 16.2. The fraction of sp³-hybridized carbons (Fsp3) is 0.167. The van der Waals surface area contributed by atoms with E-state index in [0.717, 1.165) is 24.2 Å². The molecule has 0 radical (unpaired) electrons. The Hall–Kier alpha value is -5.23. The normalized spacial score (nSPS) is 10.8. The molecular formula is C30H27N7O2. The molecule has 5 aromatic rings. The van der Waals surface area contributed by atoms with Crippen molar-refractivity contribution in [3.63, 3.8) is 0 Å². The number of nitrogens with one attached hydrogen (secondary N) is 1. The van der Waals surface area contributed by atoms with Gasteiger partial charge in [0.25, 0.3) is 11.8 Å². The van der Waals surface area contributed by atoms with Gasteiger partial charge < -0.3 is 14.0 Å². The lowest BCUT2D eigenvalue weighted by atomic mass is 10.1. The number of benzene rings is 3. The van der Waals surface area contributed by atoms with Crippen molar-refractivity contribution < 1.29 is 9.59 Å². The topological polar surface area (TPSA) is 109 Å². The standard InChI is InChI=1S/C30H27N7O2/c1-2-36(29(39)24-7-4-3-5-8-24)25-13-14-27-26(19-25)33-30(37(27)17-6-16-35-18-15-32-21-35)34-28(38)23-11-9-22(20-31)10-12-23/h3-5,7-15,18-19,21H,2,6,16-17H2,1H3,(H,33,34,38). The van der Waals surface area contributed by atoms with Gasteiger partial charge >= 0.3 is 0 Å². The molecule has 0 bridgehead atoms. The second-order valence-electron chi connectivity index (χ2n) is 8.97. The van der Waals surface area contributed by atoms with Crippen molar-refractivity contribution in [2.24, 2.45) is 0 Å². The molecule has 0 unspecified atom stereocenters. The molecule has 0 aliphatic heterocycles. The van der Waals surface area contributed by atoms with Crippen LogP contribution in [0, 0.1) is 11.3 Å². The van der Waals surface area contributed by atoms with E-state index in [9.17, 15) is 9.59 Å². The van der Waals surface area contributed by atoms with Gasteiger partial charge in [-0.1, -0.05) is 18.2 Å². The Labute approximate surface area is 226 Å². The number of carbonyl (C=O) groups excluding carboxylic acids is 2. The van der Waals surface area contributed by atoms with Gasteiger partial charge in [-0.25, -0.2) is 9.97 Å². The maximum Gasteiger partial charge on any atom is 0.258 e. The van der Waals surface area contributed by atoms with E-state index in [1.54, 1.807) is 53.8 Å². The fourth-order valence-corrected chi connectivity index (χ4v) is 4.49. The third kappa shape index (κ3) is 5.55. The van der Waals surface area contributed by atoms with Gasteiger partial charge in [-0.2, -0.15) is 5.26 Å². The Morgan fingerprint density at radius 3 is 2.49 bits per heavy atom. The number of aromatic nitrogens is 4. The largest absolute Gasteiger partial charge is 0.337 e. The molecule has 2 aromatic heterocycles. The lowest BCUT2D eigenvalue weighted by Crippen LogP contribution is -2.30. The van der Waals surface area contributed by atoms with E-state index in [0.29, 0.717) is 41.2 Å². The summed E-state index contributed by atoms with van der Waals surface area (Å²) in [5, 5.41) is 12.0.